The van der Waals surface area contributed by atoms with Crippen molar-refractivity contribution < 1.29 is 4.52 Å². The molecule has 1 saturated heterocycles. The van der Waals surface area contributed by atoms with E-state index >= 15 is 0 Å². The largest absolute Gasteiger partial charge is 0.338 e. The summed E-state index contributed by atoms with van der Waals surface area (Å²) in [6.07, 6.45) is 6.64. The zero-order valence-electron chi connectivity index (χ0n) is 11.1. The zero-order chi connectivity index (χ0) is 12.6. The molecular weight excluding hydrogens is 228 g/mol. The monoisotopic (exact) mass is 250 g/mol. The highest BCUT2D eigenvalue weighted by Gasteiger charge is 2.37. The molecule has 100 valence electrons. The van der Waals surface area contributed by atoms with E-state index in [9.17, 15) is 0 Å². The lowest BCUT2D eigenvalue weighted by Crippen LogP contribution is -2.40. The van der Waals surface area contributed by atoms with Gasteiger partial charge in [0.25, 0.3) is 5.95 Å². The number of hydrogen-bond donors (Lipinski definition) is 1. The van der Waals surface area contributed by atoms with Crippen molar-refractivity contribution in [1.82, 2.24) is 10.1 Å². The molecular formula is C13H22N4O. The molecule has 2 N–H and O–H groups in total. The summed E-state index contributed by atoms with van der Waals surface area (Å²) in [4.78, 5) is 6.72. The Morgan fingerprint density at radius 3 is 2.61 bits per heavy atom. The summed E-state index contributed by atoms with van der Waals surface area (Å²) in [5, 5.41) is 4.10. The predicted molar refractivity (Wildman–Crippen MR) is 69.2 cm³/mol. The van der Waals surface area contributed by atoms with Crippen molar-refractivity contribution in [2.75, 3.05) is 18.0 Å². The smallest absolute Gasteiger partial charge is 0.266 e. The van der Waals surface area contributed by atoms with E-state index in [1.807, 2.05) is 0 Å². The van der Waals surface area contributed by atoms with E-state index in [1.165, 1.54) is 12.8 Å². The topological polar surface area (TPSA) is 68.2 Å². The van der Waals surface area contributed by atoms with Gasteiger partial charge in [0.1, 0.15) is 0 Å². The van der Waals surface area contributed by atoms with Crippen LogP contribution in [0.5, 0.6) is 0 Å². The highest BCUT2D eigenvalue weighted by molar-refractivity contribution is 5.30. The minimum atomic E-state index is -0.391. The van der Waals surface area contributed by atoms with Crippen LogP contribution in [0.4, 0.5) is 5.95 Å². The maximum atomic E-state index is 6.44. The molecule has 0 amide bonds. The first-order valence-corrected chi connectivity index (χ1v) is 7.05. The fourth-order valence-electron chi connectivity index (χ4n) is 2.95. The molecule has 2 fully saturated rings. The molecule has 0 atom stereocenters. The number of anilines is 1. The maximum Gasteiger partial charge on any atom is 0.266 e. The van der Waals surface area contributed by atoms with Crippen LogP contribution in [0.25, 0.3) is 0 Å². The average molecular weight is 250 g/mol. The summed E-state index contributed by atoms with van der Waals surface area (Å²) < 4.78 is 5.43. The Morgan fingerprint density at radius 1 is 1.28 bits per heavy atom. The summed E-state index contributed by atoms with van der Waals surface area (Å²) in [6, 6.07) is 0. The lowest BCUT2D eigenvalue weighted by Gasteiger charge is -2.32. The number of nitrogens with two attached hydrogens (primary N) is 1. The van der Waals surface area contributed by atoms with Crippen molar-refractivity contribution in [3.8, 4) is 0 Å². The van der Waals surface area contributed by atoms with Gasteiger partial charge in [0.2, 0.25) is 5.89 Å². The molecule has 1 aromatic heterocycles. The first-order valence-electron chi connectivity index (χ1n) is 7.05. The number of nitrogens with zero attached hydrogens (tertiary/aromatic N) is 3. The second-order valence-corrected chi connectivity index (χ2v) is 5.93. The lowest BCUT2D eigenvalue weighted by atomic mass is 9.78. The van der Waals surface area contributed by atoms with Gasteiger partial charge in [0.15, 0.2) is 0 Å². The van der Waals surface area contributed by atoms with Gasteiger partial charge < -0.3 is 15.2 Å². The van der Waals surface area contributed by atoms with Crippen LogP contribution in [-0.2, 0) is 5.54 Å². The van der Waals surface area contributed by atoms with E-state index in [0.29, 0.717) is 5.89 Å². The molecule has 1 aliphatic heterocycles. The van der Waals surface area contributed by atoms with Crippen LogP contribution in [0.3, 0.4) is 0 Å². The molecule has 18 heavy (non-hydrogen) atoms. The summed E-state index contributed by atoms with van der Waals surface area (Å²) in [5.41, 5.74) is 6.05. The van der Waals surface area contributed by atoms with E-state index in [4.69, 9.17) is 10.3 Å². The van der Waals surface area contributed by atoms with Crippen LogP contribution in [0.2, 0.25) is 0 Å². The molecule has 0 unspecified atom stereocenters. The third-order valence-electron chi connectivity index (χ3n) is 4.40. The van der Waals surface area contributed by atoms with Gasteiger partial charge in [-0.25, -0.2) is 0 Å². The minimum absolute atomic E-state index is 0.391. The van der Waals surface area contributed by atoms with E-state index in [2.05, 4.69) is 22.0 Å². The second-order valence-electron chi connectivity index (χ2n) is 5.93. The highest BCUT2D eigenvalue weighted by atomic mass is 16.5. The van der Waals surface area contributed by atoms with Crippen molar-refractivity contribution in [2.45, 2.75) is 51.0 Å². The number of aromatic nitrogens is 2. The Kier molecular flexibility index (Phi) is 3.01. The van der Waals surface area contributed by atoms with Crippen molar-refractivity contribution in [3.63, 3.8) is 0 Å². The van der Waals surface area contributed by atoms with Crippen LogP contribution in [0, 0.1) is 5.92 Å². The average Bonchev–Trinajstić information content (AvgIpc) is 3.01. The molecule has 1 saturated carbocycles. The molecule has 0 spiro atoms. The normalized spacial score (nSPS) is 33.0. The maximum absolute atomic E-state index is 6.44. The predicted octanol–water partition coefficient (Wildman–Crippen LogP) is 2.03. The summed E-state index contributed by atoms with van der Waals surface area (Å²) in [5.74, 6) is 2.13. The molecule has 5 heteroatoms. The minimum Gasteiger partial charge on any atom is -0.338 e. The first kappa shape index (κ1) is 12.0. The van der Waals surface area contributed by atoms with Gasteiger partial charge in [-0.05, 0) is 49.6 Å². The second kappa shape index (κ2) is 4.53. The Labute approximate surface area is 108 Å². The summed E-state index contributed by atoms with van der Waals surface area (Å²) >= 11 is 0. The van der Waals surface area contributed by atoms with Crippen molar-refractivity contribution in [1.29, 1.82) is 0 Å². The quantitative estimate of drug-likeness (QED) is 0.869. The van der Waals surface area contributed by atoms with Gasteiger partial charge in [0, 0.05) is 13.1 Å². The third kappa shape index (κ3) is 2.11. The molecule has 0 aromatic carbocycles. The summed E-state index contributed by atoms with van der Waals surface area (Å²) in [7, 11) is 0. The lowest BCUT2D eigenvalue weighted by molar-refractivity contribution is 0.190. The highest BCUT2D eigenvalue weighted by Crippen LogP contribution is 2.37. The molecule has 5 nitrogen and oxygen atoms in total. The molecule has 1 aromatic rings. The van der Waals surface area contributed by atoms with E-state index in [0.717, 1.165) is 50.6 Å². The van der Waals surface area contributed by atoms with E-state index in [1.54, 1.807) is 0 Å². The third-order valence-corrected chi connectivity index (χ3v) is 4.40. The van der Waals surface area contributed by atoms with Crippen LogP contribution in [-0.4, -0.2) is 23.2 Å². The van der Waals surface area contributed by atoms with Crippen LogP contribution < -0.4 is 10.6 Å². The van der Waals surface area contributed by atoms with Gasteiger partial charge in [-0.2, -0.15) is 4.98 Å². The summed E-state index contributed by atoms with van der Waals surface area (Å²) in [6.45, 7) is 4.35. The van der Waals surface area contributed by atoms with Gasteiger partial charge in [0.05, 0.1) is 5.54 Å². The molecule has 1 aliphatic carbocycles. The Balaban J connectivity index is 1.75. The van der Waals surface area contributed by atoms with Crippen LogP contribution in [0.15, 0.2) is 4.52 Å². The molecule has 0 radical (unpaired) electrons. The first-order chi connectivity index (χ1) is 8.67. The Hall–Kier alpha value is -1.10. The number of hydrogen-bond acceptors (Lipinski definition) is 5. The van der Waals surface area contributed by atoms with Gasteiger partial charge in [-0.3, -0.25) is 0 Å². The molecule has 2 aliphatic rings. The zero-order valence-corrected chi connectivity index (χ0v) is 11.1. The SMILES string of the molecule is CC1CCC(N)(c2nc(N3CCCC3)no2)CC1. The van der Waals surface area contributed by atoms with E-state index < -0.39 is 5.54 Å². The van der Waals surface area contributed by atoms with Crippen molar-refractivity contribution in [3.05, 3.63) is 5.89 Å². The Bertz CT molecular complexity index is 403. The fraction of sp³-hybridized carbons (Fsp3) is 0.846. The van der Waals surface area contributed by atoms with Crippen LogP contribution >= 0.6 is 0 Å². The van der Waals surface area contributed by atoms with Crippen molar-refractivity contribution >= 4 is 5.95 Å². The van der Waals surface area contributed by atoms with E-state index in [-0.39, 0.29) is 0 Å². The number of rotatable bonds is 2. The molecule has 0 bridgehead atoms. The Morgan fingerprint density at radius 2 is 1.94 bits per heavy atom. The standard InChI is InChI=1S/C13H22N4O/c1-10-4-6-13(14,7-5-10)11-15-12(16-18-11)17-8-2-3-9-17/h10H,2-9,14H2,1H3. The van der Waals surface area contributed by atoms with Crippen molar-refractivity contribution in [2.24, 2.45) is 11.7 Å². The van der Waals surface area contributed by atoms with Gasteiger partial charge >= 0.3 is 0 Å². The molecule has 3 rings (SSSR count). The fourth-order valence-corrected chi connectivity index (χ4v) is 2.95. The van der Waals surface area contributed by atoms with Gasteiger partial charge in [-0.1, -0.05) is 6.92 Å². The van der Waals surface area contributed by atoms with Crippen LogP contribution in [0.1, 0.15) is 51.3 Å². The molecule has 2 heterocycles. The van der Waals surface area contributed by atoms with Gasteiger partial charge in [-0.15, -0.1) is 0 Å².